The highest BCUT2D eigenvalue weighted by Gasteiger charge is 2.24. The second-order valence-corrected chi connectivity index (χ2v) is 7.29. The zero-order valence-electron chi connectivity index (χ0n) is 14.4. The van der Waals surface area contributed by atoms with E-state index in [0.717, 1.165) is 19.4 Å². The molecule has 1 saturated heterocycles. The fourth-order valence-electron chi connectivity index (χ4n) is 2.37. The Morgan fingerprint density at radius 1 is 1.33 bits per heavy atom. The van der Waals surface area contributed by atoms with Crippen LogP contribution in [0.3, 0.4) is 0 Å². The second kappa shape index (κ2) is 7.99. The standard InChI is InChI=1S/C16H32N2O3/c1-11(2)14(10-18-15(19)21-16(4,5)6)17-9-13-8-7-12(3)20-13/h11-14,17H,7-10H2,1-6H3,(H,18,19). The zero-order chi connectivity index (χ0) is 16.0. The van der Waals surface area contributed by atoms with Crippen molar-refractivity contribution >= 4 is 6.09 Å². The van der Waals surface area contributed by atoms with Crippen LogP contribution in [0.1, 0.15) is 54.4 Å². The van der Waals surface area contributed by atoms with E-state index >= 15 is 0 Å². The van der Waals surface area contributed by atoms with Gasteiger partial charge in [-0.15, -0.1) is 0 Å². The number of hydrogen-bond donors (Lipinski definition) is 2. The molecule has 21 heavy (non-hydrogen) atoms. The predicted octanol–water partition coefficient (Wildman–Crippen LogP) is 2.69. The molecule has 0 aromatic carbocycles. The summed E-state index contributed by atoms with van der Waals surface area (Å²) < 4.78 is 11.1. The van der Waals surface area contributed by atoms with Gasteiger partial charge in [0.05, 0.1) is 12.2 Å². The SMILES string of the molecule is CC1CCC(CNC(CNC(=O)OC(C)(C)C)C(C)C)O1. The van der Waals surface area contributed by atoms with Crippen molar-refractivity contribution in [2.45, 2.75) is 78.2 Å². The van der Waals surface area contributed by atoms with E-state index in [2.05, 4.69) is 31.4 Å². The lowest BCUT2D eigenvalue weighted by Gasteiger charge is -2.26. The van der Waals surface area contributed by atoms with Gasteiger partial charge in [0.15, 0.2) is 0 Å². The number of amides is 1. The maximum atomic E-state index is 11.7. The number of nitrogens with one attached hydrogen (secondary N) is 2. The van der Waals surface area contributed by atoms with Crippen LogP contribution in [-0.4, -0.2) is 43.0 Å². The molecule has 1 heterocycles. The van der Waals surface area contributed by atoms with Crippen LogP contribution in [0.5, 0.6) is 0 Å². The summed E-state index contributed by atoms with van der Waals surface area (Å²) in [6.07, 6.45) is 2.55. The van der Waals surface area contributed by atoms with Crippen LogP contribution in [0.25, 0.3) is 0 Å². The van der Waals surface area contributed by atoms with E-state index < -0.39 is 5.60 Å². The van der Waals surface area contributed by atoms with Gasteiger partial charge in [0, 0.05) is 19.1 Å². The first-order valence-corrected chi connectivity index (χ1v) is 8.03. The molecule has 1 aliphatic heterocycles. The summed E-state index contributed by atoms with van der Waals surface area (Å²) >= 11 is 0. The van der Waals surface area contributed by atoms with Crippen molar-refractivity contribution < 1.29 is 14.3 Å². The van der Waals surface area contributed by atoms with Crippen molar-refractivity contribution in [3.8, 4) is 0 Å². The molecule has 0 aliphatic carbocycles. The molecule has 1 rings (SSSR count). The highest BCUT2D eigenvalue weighted by molar-refractivity contribution is 5.67. The van der Waals surface area contributed by atoms with E-state index in [1.807, 2.05) is 20.8 Å². The molecule has 0 aromatic heterocycles. The molecular formula is C16H32N2O3. The number of alkyl carbamates (subject to hydrolysis) is 1. The average Bonchev–Trinajstić information content (AvgIpc) is 2.72. The van der Waals surface area contributed by atoms with Crippen LogP contribution in [0, 0.1) is 5.92 Å². The van der Waals surface area contributed by atoms with Gasteiger partial charge in [0.25, 0.3) is 0 Å². The molecule has 0 aromatic rings. The molecule has 1 fully saturated rings. The van der Waals surface area contributed by atoms with Crippen molar-refractivity contribution in [1.29, 1.82) is 0 Å². The Morgan fingerprint density at radius 3 is 2.48 bits per heavy atom. The van der Waals surface area contributed by atoms with E-state index in [1.165, 1.54) is 0 Å². The molecule has 124 valence electrons. The largest absolute Gasteiger partial charge is 0.444 e. The molecule has 0 saturated carbocycles. The summed E-state index contributed by atoms with van der Waals surface area (Å²) in [6.45, 7) is 13.4. The van der Waals surface area contributed by atoms with Gasteiger partial charge in [-0.2, -0.15) is 0 Å². The summed E-state index contributed by atoms with van der Waals surface area (Å²) in [4.78, 5) is 11.7. The topological polar surface area (TPSA) is 59.6 Å². The van der Waals surface area contributed by atoms with Crippen molar-refractivity contribution in [2.75, 3.05) is 13.1 Å². The van der Waals surface area contributed by atoms with Gasteiger partial charge in [-0.3, -0.25) is 0 Å². The van der Waals surface area contributed by atoms with Crippen LogP contribution in [0.4, 0.5) is 4.79 Å². The normalized spacial score (nSPS) is 24.1. The predicted molar refractivity (Wildman–Crippen MR) is 84.4 cm³/mol. The van der Waals surface area contributed by atoms with Crippen LogP contribution < -0.4 is 10.6 Å². The third kappa shape index (κ3) is 7.67. The third-order valence-electron chi connectivity index (χ3n) is 3.60. The Balaban J connectivity index is 2.31. The fraction of sp³-hybridized carbons (Fsp3) is 0.938. The summed E-state index contributed by atoms with van der Waals surface area (Å²) in [7, 11) is 0. The molecule has 1 aliphatic rings. The summed E-state index contributed by atoms with van der Waals surface area (Å²) in [6, 6.07) is 0.219. The van der Waals surface area contributed by atoms with Gasteiger partial charge in [-0.25, -0.2) is 4.79 Å². The summed E-state index contributed by atoms with van der Waals surface area (Å²) in [5.41, 5.74) is -0.460. The van der Waals surface area contributed by atoms with Crippen molar-refractivity contribution in [3.05, 3.63) is 0 Å². The van der Waals surface area contributed by atoms with Crippen molar-refractivity contribution in [3.63, 3.8) is 0 Å². The lowest BCUT2D eigenvalue weighted by Crippen LogP contribution is -2.47. The lowest BCUT2D eigenvalue weighted by atomic mass is 10.0. The molecule has 3 atom stereocenters. The molecule has 0 spiro atoms. The van der Waals surface area contributed by atoms with E-state index in [4.69, 9.17) is 9.47 Å². The minimum absolute atomic E-state index is 0.219. The molecule has 1 amide bonds. The molecule has 0 radical (unpaired) electrons. The first-order valence-electron chi connectivity index (χ1n) is 8.03. The Morgan fingerprint density at radius 2 is 2.00 bits per heavy atom. The van der Waals surface area contributed by atoms with Gasteiger partial charge in [-0.05, 0) is 46.5 Å². The highest BCUT2D eigenvalue weighted by atomic mass is 16.6. The quantitative estimate of drug-likeness (QED) is 0.792. The lowest BCUT2D eigenvalue weighted by molar-refractivity contribution is 0.0492. The van der Waals surface area contributed by atoms with Crippen LogP contribution in [0.15, 0.2) is 0 Å². The van der Waals surface area contributed by atoms with Crippen molar-refractivity contribution in [2.24, 2.45) is 5.92 Å². The summed E-state index contributed by atoms with van der Waals surface area (Å²) in [5, 5.41) is 6.34. The van der Waals surface area contributed by atoms with Crippen LogP contribution in [-0.2, 0) is 9.47 Å². The molecule has 0 bridgehead atoms. The first kappa shape index (κ1) is 18.2. The zero-order valence-corrected chi connectivity index (χ0v) is 14.4. The van der Waals surface area contributed by atoms with E-state index in [9.17, 15) is 4.79 Å². The maximum Gasteiger partial charge on any atom is 0.407 e. The van der Waals surface area contributed by atoms with E-state index in [0.29, 0.717) is 24.7 Å². The van der Waals surface area contributed by atoms with E-state index in [1.54, 1.807) is 0 Å². The molecule has 5 nitrogen and oxygen atoms in total. The second-order valence-electron chi connectivity index (χ2n) is 7.29. The van der Waals surface area contributed by atoms with Crippen LogP contribution in [0.2, 0.25) is 0 Å². The van der Waals surface area contributed by atoms with Crippen molar-refractivity contribution in [1.82, 2.24) is 10.6 Å². The number of ether oxygens (including phenoxy) is 2. The first-order chi connectivity index (χ1) is 9.67. The van der Waals surface area contributed by atoms with Gasteiger partial charge >= 0.3 is 6.09 Å². The smallest absolute Gasteiger partial charge is 0.407 e. The average molecular weight is 300 g/mol. The number of hydrogen-bond acceptors (Lipinski definition) is 4. The molecule has 5 heteroatoms. The Labute approximate surface area is 129 Å². The number of carbonyl (C=O) groups is 1. The van der Waals surface area contributed by atoms with E-state index in [-0.39, 0.29) is 12.1 Å². The summed E-state index contributed by atoms with van der Waals surface area (Å²) in [5.74, 6) is 0.429. The Kier molecular flexibility index (Phi) is 6.94. The number of carbonyl (C=O) groups excluding carboxylic acids is 1. The minimum atomic E-state index is -0.460. The Bertz CT molecular complexity index is 326. The van der Waals surface area contributed by atoms with Gasteiger partial charge in [0.1, 0.15) is 5.60 Å². The minimum Gasteiger partial charge on any atom is -0.444 e. The maximum absolute atomic E-state index is 11.7. The van der Waals surface area contributed by atoms with Gasteiger partial charge in [0.2, 0.25) is 0 Å². The Hall–Kier alpha value is -0.810. The van der Waals surface area contributed by atoms with Crippen LogP contribution >= 0.6 is 0 Å². The fourth-order valence-corrected chi connectivity index (χ4v) is 2.37. The molecule has 2 N–H and O–H groups in total. The van der Waals surface area contributed by atoms with Gasteiger partial charge in [-0.1, -0.05) is 13.8 Å². The number of rotatable bonds is 6. The monoisotopic (exact) mass is 300 g/mol. The van der Waals surface area contributed by atoms with Gasteiger partial charge < -0.3 is 20.1 Å². The highest BCUT2D eigenvalue weighted by Crippen LogP contribution is 2.18. The third-order valence-corrected chi connectivity index (χ3v) is 3.60. The molecule has 3 unspecified atom stereocenters. The molecular weight excluding hydrogens is 268 g/mol.